The molecule has 1 N–H and O–H groups in total. The van der Waals surface area contributed by atoms with E-state index in [-0.39, 0.29) is 23.0 Å². The Labute approximate surface area is 176 Å². The molecule has 10 atom stereocenters. The fourth-order valence-corrected chi connectivity index (χ4v) is 7.74. The number of ketones is 1. The Morgan fingerprint density at radius 2 is 1.93 bits per heavy atom. The summed E-state index contributed by atoms with van der Waals surface area (Å²) in [5, 5.41) is 11.4. The molecule has 2 spiro atoms. The van der Waals surface area contributed by atoms with Gasteiger partial charge < -0.3 is 19.3 Å². The number of ether oxygens (including phenoxy) is 3. The first-order chi connectivity index (χ1) is 13.9. The summed E-state index contributed by atoms with van der Waals surface area (Å²) >= 11 is 0. The zero-order valence-corrected chi connectivity index (χ0v) is 18.3. The van der Waals surface area contributed by atoms with E-state index in [0.29, 0.717) is 11.5 Å². The molecule has 0 amide bonds. The highest BCUT2D eigenvalue weighted by atomic mass is 16.8. The van der Waals surface area contributed by atoms with E-state index in [1.54, 1.807) is 13.8 Å². The van der Waals surface area contributed by atoms with Crippen LogP contribution in [-0.2, 0) is 23.8 Å². The van der Waals surface area contributed by atoms with Crippen LogP contribution >= 0.6 is 0 Å². The highest BCUT2D eigenvalue weighted by molar-refractivity contribution is 5.95. The van der Waals surface area contributed by atoms with Gasteiger partial charge in [0.15, 0.2) is 18.0 Å². The number of rotatable bonds is 1. The van der Waals surface area contributed by atoms with Crippen molar-refractivity contribution in [3.63, 3.8) is 0 Å². The molecule has 0 radical (unpaired) electrons. The van der Waals surface area contributed by atoms with Crippen LogP contribution in [-0.4, -0.2) is 46.9 Å². The predicted octanol–water partition coefficient (Wildman–Crippen LogP) is 2.65. The average molecular weight is 418 g/mol. The van der Waals surface area contributed by atoms with Gasteiger partial charge in [-0.25, -0.2) is 4.79 Å². The molecular weight excluding hydrogens is 388 g/mol. The minimum atomic E-state index is -1.49. The third-order valence-electron chi connectivity index (χ3n) is 9.09. The molecule has 0 aromatic carbocycles. The summed E-state index contributed by atoms with van der Waals surface area (Å²) in [6.07, 6.45) is -1.04. The molecule has 4 fully saturated rings. The van der Waals surface area contributed by atoms with Gasteiger partial charge in [-0.3, -0.25) is 9.59 Å². The second kappa shape index (κ2) is 5.67. The molecule has 30 heavy (non-hydrogen) atoms. The SMILES string of the molecule is CC(=O)O[C@H]1C(C)=C[C@]23C(=O)[C@@H]([C@H](O)[C@H](C)[C@H]4OC(=O)OC412)[C@H]1C(C[C@H]3C)C1(C)C. The number of hydrogen-bond donors (Lipinski definition) is 1. The van der Waals surface area contributed by atoms with Gasteiger partial charge in [0.1, 0.15) is 0 Å². The fraction of sp³-hybridized carbons (Fsp3) is 0.783. The van der Waals surface area contributed by atoms with Crippen molar-refractivity contribution in [3.8, 4) is 0 Å². The highest BCUT2D eigenvalue weighted by Crippen LogP contribution is 2.73. The third kappa shape index (κ3) is 1.98. The lowest BCUT2D eigenvalue weighted by molar-refractivity contribution is -0.181. The Balaban J connectivity index is 1.79. The van der Waals surface area contributed by atoms with Crippen molar-refractivity contribution in [2.45, 2.75) is 71.9 Å². The molecule has 2 unspecified atom stereocenters. The molecule has 4 aliphatic carbocycles. The van der Waals surface area contributed by atoms with Crippen LogP contribution in [0.3, 0.4) is 0 Å². The standard InChI is InChI=1S/C23H30O7/c1-9-8-22-10(2)7-13-15(21(13,5)6)14(17(22)26)16(25)11(3)19-23(22,30-20(27)29-19)18(9)28-12(4)24/h8,10-11,13-16,18-19,25H,7H2,1-6H3/t10-,11+,13?,14-,15-,16-,18+,19-,22+,23?/m1/s1. The van der Waals surface area contributed by atoms with Crippen LogP contribution in [0.15, 0.2) is 11.6 Å². The number of carbonyl (C=O) groups excluding carboxylic acids is 3. The van der Waals surface area contributed by atoms with Crippen LogP contribution in [0, 0.1) is 40.4 Å². The maximum absolute atomic E-state index is 14.4. The largest absolute Gasteiger partial charge is 0.509 e. The van der Waals surface area contributed by atoms with Gasteiger partial charge >= 0.3 is 12.1 Å². The van der Waals surface area contributed by atoms with Gasteiger partial charge in [-0.05, 0) is 42.1 Å². The lowest BCUT2D eigenvalue weighted by Gasteiger charge is -2.47. The van der Waals surface area contributed by atoms with Gasteiger partial charge in [0.25, 0.3) is 0 Å². The van der Waals surface area contributed by atoms with Crippen LogP contribution < -0.4 is 0 Å². The van der Waals surface area contributed by atoms with Gasteiger partial charge in [-0.15, -0.1) is 0 Å². The Bertz CT molecular complexity index is 890. The molecule has 5 aliphatic rings. The summed E-state index contributed by atoms with van der Waals surface area (Å²) in [5.41, 5.74) is -2.04. The second-order valence-electron chi connectivity index (χ2n) is 10.8. The summed E-state index contributed by atoms with van der Waals surface area (Å²) in [4.78, 5) is 38.9. The van der Waals surface area contributed by atoms with E-state index in [9.17, 15) is 19.5 Å². The predicted molar refractivity (Wildman–Crippen MR) is 104 cm³/mol. The van der Waals surface area contributed by atoms with Gasteiger partial charge in [-0.1, -0.05) is 33.8 Å². The summed E-state index contributed by atoms with van der Waals surface area (Å²) in [7, 11) is 0. The fourth-order valence-electron chi connectivity index (χ4n) is 7.74. The molecule has 164 valence electrons. The molecule has 3 saturated carbocycles. The van der Waals surface area contributed by atoms with Gasteiger partial charge in [0.2, 0.25) is 5.60 Å². The lowest BCUT2D eigenvalue weighted by Crippen LogP contribution is -2.65. The number of Topliss-reactive ketones (excluding diaryl/α,β-unsaturated/α-hetero) is 1. The zero-order chi connectivity index (χ0) is 22.0. The first-order valence-corrected chi connectivity index (χ1v) is 10.9. The van der Waals surface area contributed by atoms with E-state index in [1.807, 2.05) is 13.0 Å². The van der Waals surface area contributed by atoms with Crippen molar-refractivity contribution in [3.05, 3.63) is 11.6 Å². The van der Waals surface area contributed by atoms with Crippen molar-refractivity contribution in [2.75, 3.05) is 0 Å². The molecule has 7 heteroatoms. The monoisotopic (exact) mass is 418 g/mol. The highest BCUT2D eigenvalue weighted by Gasteiger charge is 2.83. The third-order valence-corrected chi connectivity index (χ3v) is 9.09. The number of aliphatic hydroxyl groups excluding tert-OH is 1. The Morgan fingerprint density at radius 1 is 1.27 bits per heavy atom. The quantitative estimate of drug-likeness (QED) is 0.516. The minimum Gasteiger partial charge on any atom is -0.454 e. The lowest BCUT2D eigenvalue weighted by atomic mass is 9.59. The molecule has 7 nitrogen and oxygen atoms in total. The minimum absolute atomic E-state index is 0.0340. The molecule has 1 heterocycles. The molecular formula is C23H30O7. The maximum Gasteiger partial charge on any atom is 0.509 e. The van der Waals surface area contributed by atoms with Crippen molar-refractivity contribution < 1.29 is 33.7 Å². The number of esters is 1. The molecule has 5 rings (SSSR count). The van der Waals surface area contributed by atoms with Gasteiger partial charge in [0.05, 0.1) is 11.5 Å². The van der Waals surface area contributed by atoms with Crippen molar-refractivity contribution >= 4 is 17.9 Å². The van der Waals surface area contributed by atoms with E-state index in [4.69, 9.17) is 14.2 Å². The van der Waals surface area contributed by atoms with E-state index < -0.39 is 53.3 Å². The Hall–Kier alpha value is -1.89. The van der Waals surface area contributed by atoms with E-state index >= 15 is 0 Å². The zero-order valence-electron chi connectivity index (χ0n) is 18.3. The van der Waals surface area contributed by atoms with Crippen LogP contribution in [0.5, 0.6) is 0 Å². The first-order valence-electron chi connectivity index (χ1n) is 10.9. The average Bonchev–Trinajstić information content (AvgIpc) is 2.94. The normalized spacial score (nSPS) is 52.6. The summed E-state index contributed by atoms with van der Waals surface area (Å²) in [5.74, 6) is -1.56. The molecule has 1 saturated heterocycles. The van der Waals surface area contributed by atoms with Crippen LogP contribution in [0.2, 0.25) is 0 Å². The van der Waals surface area contributed by atoms with Crippen LogP contribution in [0.4, 0.5) is 4.79 Å². The van der Waals surface area contributed by atoms with Gasteiger partial charge in [-0.2, -0.15) is 0 Å². The number of carbonyl (C=O) groups is 3. The van der Waals surface area contributed by atoms with Gasteiger partial charge in [0, 0.05) is 18.8 Å². The number of hydrogen-bond acceptors (Lipinski definition) is 7. The topological polar surface area (TPSA) is 99.1 Å². The first kappa shape index (κ1) is 20.0. The number of fused-ring (bicyclic) bond motifs is 3. The smallest absolute Gasteiger partial charge is 0.454 e. The molecule has 0 aromatic heterocycles. The molecule has 1 aliphatic heterocycles. The van der Waals surface area contributed by atoms with Crippen molar-refractivity contribution in [1.82, 2.24) is 0 Å². The van der Waals surface area contributed by atoms with Crippen molar-refractivity contribution in [1.29, 1.82) is 0 Å². The molecule has 2 bridgehead atoms. The summed E-state index contributed by atoms with van der Waals surface area (Å²) < 4.78 is 17.2. The molecule has 0 aromatic rings. The Kier molecular flexibility index (Phi) is 3.78. The summed E-state index contributed by atoms with van der Waals surface area (Å²) in [6, 6.07) is 0. The van der Waals surface area contributed by atoms with E-state index in [2.05, 4.69) is 13.8 Å². The number of aliphatic hydroxyl groups is 1. The van der Waals surface area contributed by atoms with Crippen molar-refractivity contribution in [2.24, 2.45) is 40.4 Å². The van der Waals surface area contributed by atoms with E-state index in [1.165, 1.54) is 6.92 Å². The Morgan fingerprint density at radius 3 is 2.57 bits per heavy atom. The summed E-state index contributed by atoms with van der Waals surface area (Å²) in [6.45, 7) is 11.2. The maximum atomic E-state index is 14.4. The van der Waals surface area contributed by atoms with Crippen LogP contribution in [0.25, 0.3) is 0 Å². The second-order valence-corrected chi connectivity index (χ2v) is 10.8. The van der Waals surface area contributed by atoms with Crippen LogP contribution in [0.1, 0.15) is 48.0 Å². The van der Waals surface area contributed by atoms with E-state index in [0.717, 1.165) is 6.42 Å².